The quantitative estimate of drug-likeness (QED) is 0.772. The van der Waals surface area contributed by atoms with Crippen LogP contribution >= 0.6 is 0 Å². The van der Waals surface area contributed by atoms with Crippen LogP contribution in [0.25, 0.3) is 11.1 Å². The second-order valence-corrected chi connectivity index (χ2v) is 3.24. The molecule has 15 heavy (non-hydrogen) atoms. The molecule has 0 aliphatic carbocycles. The van der Waals surface area contributed by atoms with E-state index in [-0.39, 0.29) is 5.82 Å². The van der Waals surface area contributed by atoms with Crippen LogP contribution in [0.1, 0.15) is 5.56 Å². The van der Waals surface area contributed by atoms with E-state index in [0.29, 0.717) is 16.9 Å². The maximum atomic E-state index is 13.5. The van der Waals surface area contributed by atoms with Crippen LogP contribution in [0.4, 0.5) is 10.2 Å². The largest absolute Gasteiger partial charge is 0.383 e. The first kappa shape index (κ1) is 9.58. The monoisotopic (exact) mass is 203 g/mol. The predicted octanol–water partition coefficient (Wildman–Crippen LogP) is 2.17. The summed E-state index contributed by atoms with van der Waals surface area (Å²) in [4.78, 5) is 7.64. The van der Waals surface area contributed by atoms with E-state index in [0.717, 1.165) is 5.56 Å². The fourth-order valence-electron chi connectivity index (χ4n) is 1.51. The van der Waals surface area contributed by atoms with Crippen LogP contribution < -0.4 is 5.73 Å². The van der Waals surface area contributed by atoms with Gasteiger partial charge in [-0.15, -0.1) is 0 Å². The van der Waals surface area contributed by atoms with Gasteiger partial charge in [-0.2, -0.15) is 0 Å². The Labute approximate surface area is 86.8 Å². The summed E-state index contributed by atoms with van der Waals surface area (Å²) in [6, 6.07) is 3.39. The van der Waals surface area contributed by atoms with E-state index in [4.69, 9.17) is 5.73 Å². The predicted molar refractivity (Wildman–Crippen MR) is 56.6 cm³/mol. The summed E-state index contributed by atoms with van der Waals surface area (Å²) in [6.45, 7) is 1.87. The van der Waals surface area contributed by atoms with Crippen molar-refractivity contribution in [3.05, 3.63) is 42.1 Å². The molecule has 2 N–H and O–H groups in total. The third-order valence-corrected chi connectivity index (χ3v) is 2.23. The molecule has 0 fully saturated rings. The Bertz CT molecular complexity index is 477. The zero-order valence-corrected chi connectivity index (χ0v) is 8.24. The maximum absolute atomic E-state index is 13.5. The fourth-order valence-corrected chi connectivity index (χ4v) is 1.51. The number of aryl methyl sites for hydroxylation is 1. The molecule has 0 bridgehead atoms. The van der Waals surface area contributed by atoms with Crippen molar-refractivity contribution in [2.45, 2.75) is 6.92 Å². The Hall–Kier alpha value is -1.97. The lowest BCUT2D eigenvalue weighted by molar-refractivity contribution is 0.625. The van der Waals surface area contributed by atoms with E-state index in [1.165, 1.54) is 12.4 Å². The molecule has 0 atom stereocenters. The van der Waals surface area contributed by atoms with Crippen molar-refractivity contribution in [2.24, 2.45) is 0 Å². The zero-order valence-electron chi connectivity index (χ0n) is 8.24. The van der Waals surface area contributed by atoms with Gasteiger partial charge >= 0.3 is 0 Å². The van der Waals surface area contributed by atoms with E-state index in [1.807, 2.05) is 6.92 Å². The first-order valence-corrected chi connectivity index (χ1v) is 4.51. The van der Waals surface area contributed by atoms with Crippen molar-refractivity contribution >= 4 is 5.82 Å². The van der Waals surface area contributed by atoms with Crippen molar-refractivity contribution in [3.8, 4) is 11.1 Å². The standard InChI is InChI=1S/C11H10FN3/c1-7-2-5-15-11(13)10(7)8-3-4-14-6-9(8)12/h2-6H,1H3,(H2,13,15). The van der Waals surface area contributed by atoms with Gasteiger partial charge in [-0.05, 0) is 24.6 Å². The lowest BCUT2D eigenvalue weighted by atomic mass is 10.0. The molecule has 0 spiro atoms. The molecule has 0 unspecified atom stereocenters. The van der Waals surface area contributed by atoms with Crippen LogP contribution in [0.15, 0.2) is 30.7 Å². The van der Waals surface area contributed by atoms with Crippen molar-refractivity contribution in [1.29, 1.82) is 0 Å². The smallest absolute Gasteiger partial charge is 0.149 e. The number of nitrogens with zero attached hydrogens (tertiary/aromatic N) is 2. The van der Waals surface area contributed by atoms with Gasteiger partial charge in [0, 0.05) is 23.5 Å². The van der Waals surface area contributed by atoms with E-state index < -0.39 is 0 Å². The third-order valence-electron chi connectivity index (χ3n) is 2.23. The van der Waals surface area contributed by atoms with Gasteiger partial charge in [0.25, 0.3) is 0 Å². The van der Waals surface area contributed by atoms with Crippen LogP contribution in [0.5, 0.6) is 0 Å². The molecule has 2 rings (SSSR count). The number of aromatic nitrogens is 2. The first-order chi connectivity index (χ1) is 7.20. The minimum Gasteiger partial charge on any atom is -0.383 e. The topological polar surface area (TPSA) is 51.8 Å². The number of halogens is 1. The normalized spacial score (nSPS) is 10.3. The molecule has 0 aliphatic heterocycles. The highest BCUT2D eigenvalue weighted by Crippen LogP contribution is 2.28. The van der Waals surface area contributed by atoms with Crippen LogP contribution in [0.2, 0.25) is 0 Å². The summed E-state index contributed by atoms with van der Waals surface area (Å²) in [5.74, 6) is -0.0552. The van der Waals surface area contributed by atoms with Crippen molar-refractivity contribution in [1.82, 2.24) is 9.97 Å². The molecule has 0 aromatic carbocycles. The van der Waals surface area contributed by atoms with Gasteiger partial charge in [-0.3, -0.25) is 4.98 Å². The number of hydrogen-bond donors (Lipinski definition) is 1. The first-order valence-electron chi connectivity index (χ1n) is 4.51. The summed E-state index contributed by atoms with van der Waals surface area (Å²) in [5.41, 5.74) is 7.69. The molecule has 4 heteroatoms. The van der Waals surface area contributed by atoms with Gasteiger partial charge in [0.05, 0.1) is 6.20 Å². The highest BCUT2D eigenvalue weighted by molar-refractivity contribution is 5.76. The second kappa shape index (κ2) is 3.65. The summed E-state index contributed by atoms with van der Waals surface area (Å²) in [7, 11) is 0. The van der Waals surface area contributed by atoms with E-state index in [1.54, 1.807) is 18.3 Å². The Balaban J connectivity index is 2.69. The van der Waals surface area contributed by atoms with E-state index in [2.05, 4.69) is 9.97 Å². The molecular formula is C11H10FN3. The molecule has 0 saturated carbocycles. The fraction of sp³-hybridized carbons (Fsp3) is 0.0909. The molecule has 2 heterocycles. The zero-order chi connectivity index (χ0) is 10.8. The Morgan fingerprint density at radius 3 is 2.73 bits per heavy atom. The third kappa shape index (κ3) is 1.66. The van der Waals surface area contributed by atoms with Gasteiger partial charge in [0.2, 0.25) is 0 Å². The van der Waals surface area contributed by atoms with E-state index in [9.17, 15) is 4.39 Å². The van der Waals surface area contributed by atoms with Gasteiger partial charge < -0.3 is 5.73 Å². The van der Waals surface area contributed by atoms with Gasteiger partial charge in [-0.25, -0.2) is 9.37 Å². The highest BCUT2D eigenvalue weighted by Gasteiger charge is 2.11. The maximum Gasteiger partial charge on any atom is 0.149 e. The van der Waals surface area contributed by atoms with Gasteiger partial charge in [0.1, 0.15) is 11.6 Å². The van der Waals surface area contributed by atoms with Crippen LogP contribution in [0.3, 0.4) is 0 Å². The molecular weight excluding hydrogens is 193 g/mol. The lowest BCUT2D eigenvalue weighted by Gasteiger charge is -2.08. The highest BCUT2D eigenvalue weighted by atomic mass is 19.1. The number of nitrogen functional groups attached to an aromatic ring is 1. The molecule has 76 valence electrons. The molecule has 2 aromatic heterocycles. The van der Waals surface area contributed by atoms with Crippen LogP contribution in [-0.4, -0.2) is 9.97 Å². The summed E-state index contributed by atoms with van der Waals surface area (Å²) in [5, 5.41) is 0. The van der Waals surface area contributed by atoms with E-state index >= 15 is 0 Å². The SMILES string of the molecule is Cc1ccnc(N)c1-c1ccncc1F. The summed E-state index contributed by atoms with van der Waals surface area (Å²) >= 11 is 0. The molecule has 0 amide bonds. The number of rotatable bonds is 1. The van der Waals surface area contributed by atoms with Crippen LogP contribution in [0, 0.1) is 12.7 Å². The molecule has 0 aliphatic rings. The molecule has 3 nitrogen and oxygen atoms in total. The second-order valence-electron chi connectivity index (χ2n) is 3.24. The van der Waals surface area contributed by atoms with Crippen molar-refractivity contribution in [2.75, 3.05) is 5.73 Å². The number of hydrogen-bond acceptors (Lipinski definition) is 3. The molecule has 0 radical (unpaired) electrons. The molecule has 2 aromatic rings. The summed E-state index contributed by atoms with van der Waals surface area (Å²) in [6.07, 6.45) is 4.30. The van der Waals surface area contributed by atoms with Crippen molar-refractivity contribution in [3.63, 3.8) is 0 Å². The minimum absolute atomic E-state index is 0.333. The minimum atomic E-state index is -0.389. The van der Waals surface area contributed by atoms with Gasteiger partial charge in [-0.1, -0.05) is 0 Å². The summed E-state index contributed by atoms with van der Waals surface area (Å²) < 4.78 is 13.5. The number of nitrogens with two attached hydrogens (primary N) is 1. The lowest BCUT2D eigenvalue weighted by Crippen LogP contribution is -1.97. The Morgan fingerprint density at radius 1 is 1.27 bits per heavy atom. The number of pyridine rings is 2. The Morgan fingerprint density at radius 2 is 2.07 bits per heavy atom. The van der Waals surface area contributed by atoms with Gasteiger partial charge in [0.15, 0.2) is 0 Å². The van der Waals surface area contributed by atoms with Crippen LogP contribution in [-0.2, 0) is 0 Å². The van der Waals surface area contributed by atoms with Crippen molar-refractivity contribution < 1.29 is 4.39 Å². The number of anilines is 1. The molecule has 0 saturated heterocycles. The average Bonchev–Trinajstić information content (AvgIpc) is 2.20. The Kier molecular flexibility index (Phi) is 2.33. The average molecular weight is 203 g/mol.